The number of rotatable bonds is 7. The SMILES string of the molecule is CCN(CCC(=O)NCc1cccc(C)c1)C1CCS(=O)(=O)C1. The average molecular weight is 338 g/mol. The Balaban J connectivity index is 1.76. The van der Waals surface area contributed by atoms with Crippen LogP contribution in [0.4, 0.5) is 0 Å². The van der Waals surface area contributed by atoms with Crippen LogP contribution in [0.2, 0.25) is 0 Å². The quantitative estimate of drug-likeness (QED) is 0.818. The summed E-state index contributed by atoms with van der Waals surface area (Å²) in [5, 5.41) is 2.93. The molecule has 23 heavy (non-hydrogen) atoms. The van der Waals surface area contributed by atoms with E-state index in [-0.39, 0.29) is 23.5 Å². The first-order valence-corrected chi connectivity index (χ1v) is 9.98. The highest BCUT2D eigenvalue weighted by Gasteiger charge is 2.31. The van der Waals surface area contributed by atoms with Crippen LogP contribution in [0.5, 0.6) is 0 Å². The van der Waals surface area contributed by atoms with Gasteiger partial charge in [0, 0.05) is 25.6 Å². The lowest BCUT2D eigenvalue weighted by Crippen LogP contribution is -2.38. The zero-order valence-corrected chi connectivity index (χ0v) is 14.7. The summed E-state index contributed by atoms with van der Waals surface area (Å²) < 4.78 is 23.2. The first-order chi connectivity index (χ1) is 10.9. The Morgan fingerprint density at radius 2 is 2.17 bits per heavy atom. The summed E-state index contributed by atoms with van der Waals surface area (Å²) in [5.74, 6) is 0.505. The van der Waals surface area contributed by atoms with Crippen LogP contribution in [0.3, 0.4) is 0 Å². The Morgan fingerprint density at radius 3 is 2.78 bits per heavy atom. The fraction of sp³-hybridized carbons (Fsp3) is 0.588. The molecule has 5 nitrogen and oxygen atoms in total. The second-order valence-corrected chi connectivity index (χ2v) is 8.43. The minimum absolute atomic E-state index is 0.00538. The van der Waals surface area contributed by atoms with E-state index in [1.54, 1.807) is 0 Å². The second kappa shape index (κ2) is 7.93. The standard InChI is InChI=1S/C17H26N2O3S/c1-3-19(16-8-10-23(21,22)13-16)9-7-17(20)18-12-15-6-4-5-14(2)11-15/h4-6,11,16H,3,7-10,12-13H2,1-2H3,(H,18,20). The molecule has 6 heteroatoms. The molecule has 1 N–H and O–H groups in total. The van der Waals surface area contributed by atoms with Gasteiger partial charge in [-0.25, -0.2) is 8.42 Å². The lowest BCUT2D eigenvalue weighted by Gasteiger charge is -2.26. The molecule has 1 atom stereocenters. The predicted molar refractivity (Wildman–Crippen MR) is 91.9 cm³/mol. The van der Waals surface area contributed by atoms with E-state index in [0.717, 1.165) is 12.1 Å². The van der Waals surface area contributed by atoms with Gasteiger partial charge in [0.2, 0.25) is 5.91 Å². The number of sulfone groups is 1. The first kappa shape index (κ1) is 17.9. The molecule has 0 aliphatic carbocycles. The number of nitrogens with one attached hydrogen (secondary N) is 1. The molecule has 1 amide bonds. The van der Waals surface area contributed by atoms with E-state index in [0.29, 0.717) is 25.9 Å². The highest BCUT2D eigenvalue weighted by atomic mass is 32.2. The maximum Gasteiger partial charge on any atom is 0.221 e. The van der Waals surface area contributed by atoms with Gasteiger partial charge in [-0.1, -0.05) is 36.8 Å². The maximum atomic E-state index is 12.0. The highest BCUT2D eigenvalue weighted by Crippen LogP contribution is 2.17. The number of amides is 1. The van der Waals surface area contributed by atoms with Gasteiger partial charge in [-0.2, -0.15) is 0 Å². The number of hydrogen-bond acceptors (Lipinski definition) is 4. The van der Waals surface area contributed by atoms with Gasteiger partial charge in [-0.15, -0.1) is 0 Å². The zero-order chi connectivity index (χ0) is 16.9. The summed E-state index contributed by atoms with van der Waals surface area (Å²) >= 11 is 0. The van der Waals surface area contributed by atoms with Crippen LogP contribution < -0.4 is 5.32 Å². The fourth-order valence-electron chi connectivity index (χ4n) is 3.02. The first-order valence-electron chi connectivity index (χ1n) is 8.16. The molecule has 1 aliphatic heterocycles. The Bertz CT molecular complexity index is 643. The van der Waals surface area contributed by atoms with Crippen molar-refractivity contribution in [3.8, 4) is 0 Å². The molecular formula is C17H26N2O3S. The number of hydrogen-bond donors (Lipinski definition) is 1. The van der Waals surface area contributed by atoms with Crippen molar-refractivity contribution < 1.29 is 13.2 Å². The van der Waals surface area contributed by atoms with Crippen molar-refractivity contribution in [2.75, 3.05) is 24.6 Å². The van der Waals surface area contributed by atoms with Crippen LogP contribution in [-0.4, -0.2) is 49.9 Å². The minimum Gasteiger partial charge on any atom is -0.352 e. The summed E-state index contributed by atoms with van der Waals surface area (Å²) in [7, 11) is -2.88. The van der Waals surface area contributed by atoms with Crippen molar-refractivity contribution in [2.45, 2.75) is 39.3 Å². The molecule has 0 bridgehead atoms. The highest BCUT2D eigenvalue weighted by molar-refractivity contribution is 7.91. The Kier molecular flexibility index (Phi) is 6.18. The minimum atomic E-state index is -2.88. The van der Waals surface area contributed by atoms with Crippen LogP contribution in [0.15, 0.2) is 24.3 Å². The molecule has 1 saturated heterocycles. The number of carbonyl (C=O) groups is 1. The molecule has 1 heterocycles. The average Bonchev–Trinajstić information content (AvgIpc) is 2.86. The molecule has 2 rings (SSSR count). The van der Waals surface area contributed by atoms with E-state index in [9.17, 15) is 13.2 Å². The van der Waals surface area contributed by atoms with E-state index in [2.05, 4.69) is 16.3 Å². The van der Waals surface area contributed by atoms with E-state index in [1.165, 1.54) is 5.56 Å². The van der Waals surface area contributed by atoms with E-state index in [4.69, 9.17) is 0 Å². The van der Waals surface area contributed by atoms with Crippen molar-refractivity contribution in [3.05, 3.63) is 35.4 Å². The molecular weight excluding hydrogens is 312 g/mol. The van der Waals surface area contributed by atoms with Gasteiger partial charge in [0.25, 0.3) is 0 Å². The predicted octanol–water partition coefficient (Wildman–Crippen LogP) is 1.51. The molecule has 0 saturated carbocycles. The van der Waals surface area contributed by atoms with E-state index >= 15 is 0 Å². The van der Waals surface area contributed by atoms with Crippen molar-refractivity contribution in [2.24, 2.45) is 0 Å². The number of carbonyl (C=O) groups excluding carboxylic acids is 1. The van der Waals surface area contributed by atoms with Crippen molar-refractivity contribution >= 4 is 15.7 Å². The Labute approximate surface area is 139 Å². The third-order valence-electron chi connectivity index (χ3n) is 4.33. The van der Waals surface area contributed by atoms with Gasteiger partial charge in [0.15, 0.2) is 9.84 Å². The van der Waals surface area contributed by atoms with Crippen LogP contribution in [0, 0.1) is 6.92 Å². The van der Waals surface area contributed by atoms with Gasteiger partial charge in [0.1, 0.15) is 0 Å². The lowest BCUT2D eigenvalue weighted by molar-refractivity contribution is -0.121. The normalized spacial score (nSPS) is 19.9. The number of benzene rings is 1. The molecule has 128 valence electrons. The summed E-state index contributed by atoms with van der Waals surface area (Å²) in [6.07, 6.45) is 1.08. The largest absolute Gasteiger partial charge is 0.352 e. The van der Waals surface area contributed by atoms with Crippen LogP contribution >= 0.6 is 0 Å². The zero-order valence-electron chi connectivity index (χ0n) is 13.9. The molecule has 0 aromatic heterocycles. The summed E-state index contributed by atoms with van der Waals surface area (Å²) in [5.41, 5.74) is 2.27. The molecule has 1 aromatic carbocycles. The monoisotopic (exact) mass is 338 g/mol. The fourth-order valence-corrected chi connectivity index (χ4v) is 4.78. The third kappa shape index (κ3) is 5.62. The van der Waals surface area contributed by atoms with Gasteiger partial charge in [0.05, 0.1) is 11.5 Å². The third-order valence-corrected chi connectivity index (χ3v) is 6.08. The van der Waals surface area contributed by atoms with Gasteiger partial charge in [-0.3, -0.25) is 9.69 Å². The molecule has 1 aromatic rings. The number of aryl methyl sites for hydroxylation is 1. The lowest BCUT2D eigenvalue weighted by atomic mass is 10.1. The van der Waals surface area contributed by atoms with Gasteiger partial charge >= 0.3 is 0 Å². The van der Waals surface area contributed by atoms with Crippen LogP contribution in [0.25, 0.3) is 0 Å². The smallest absolute Gasteiger partial charge is 0.221 e. The maximum absolute atomic E-state index is 12.0. The Hall–Kier alpha value is -1.40. The van der Waals surface area contributed by atoms with E-state index in [1.807, 2.05) is 32.0 Å². The van der Waals surface area contributed by atoms with Gasteiger partial charge < -0.3 is 5.32 Å². The van der Waals surface area contributed by atoms with Crippen molar-refractivity contribution in [1.29, 1.82) is 0 Å². The van der Waals surface area contributed by atoms with Crippen LogP contribution in [-0.2, 0) is 21.2 Å². The molecule has 0 spiro atoms. The molecule has 1 fully saturated rings. The molecule has 1 unspecified atom stereocenters. The van der Waals surface area contributed by atoms with Crippen molar-refractivity contribution in [3.63, 3.8) is 0 Å². The van der Waals surface area contributed by atoms with Gasteiger partial charge in [-0.05, 0) is 25.5 Å². The number of nitrogens with zero attached hydrogens (tertiary/aromatic N) is 1. The second-order valence-electron chi connectivity index (χ2n) is 6.20. The van der Waals surface area contributed by atoms with Crippen molar-refractivity contribution in [1.82, 2.24) is 10.2 Å². The summed E-state index contributed by atoms with van der Waals surface area (Å²) in [4.78, 5) is 14.1. The summed E-state index contributed by atoms with van der Waals surface area (Å²) in [6, 6.07) is 8.13. The Morgan fingerprint density at radius 1 is 1.39 bits per heavy atom. The topological polar surface area (TPSA) is 66.5 Å². The molecule has 0 radical (unpaired) electrons. The van der Waals surface area contributed by atoms with E-state index < -0.39 is 9.84 Å². The van der Waals surface area contributed by atoms with Crippen LogP contribution in [0.1, 0.15) is 30.9 Å². The summed E-state index contributed by atoms with van der Waals surface area (Å²) in [6.45, 7) is 5.95. The molecule has 1 aliphatic rings.